The van der Waals surface area contributed by atoms with Crippen LogP contribution in [0.25, 0.3) is 0 Å². The van der Waals surface area contributed by atoms with Crippen molar-refractivity contribution in [1.29, 1.82) is 0 Å². The molecule has 1 aliphatic heterocycles. The summed E-state index contributed by atoms with van der Waals surface area (Å²) in [7, 11) is 0. The number of halogens is 1. The maximum Gasteiger partial charge on any atom is 0.225 e. The molecule has 2 nitrogen and oxygen atoms in total. The molecule has 0 radical (unpaired) electrons. The van der Waals surface area contributed by atoms with E-state index in [2.05, 4.69) is 27.3 Å². The zero-order valence-electron chi connectivity index (χ0n) is 9.69. The van der Waals surface area contributed by atoms with E-state index in [1.54, 1.807) is 0 Å². The lowest BCUT2D eigenvalue weighted by molar-refractivity contribution is -0.121. The van der Waals surface area contributed by atoms with Crippen LogP contribution in [0.3, 0.4) is 0 Å². The maximum absolute atomic E-state index is 11.8. The second-order valence-corrected chi connectivity index (χ2v) is 5.35. The minimum Gasteiger partial charge on any atom is -0.345 e. The van der Waals surface area contributed by atoms with E-state index in [9.17, 15) is 4.79 Å². The lowest BCUT2D eigenvalue weighted by atomic mass is 9.90. The number of benzene rings is 2. The van der Waals surface area contributed by atoms with E-state index in [1.807, 2.05) is 42.5 Å². The van der Waals surface area contributed by atoms with Gasteiger partial charge in [0.05, 0.1) is 12.5 Å². The van der Waals surface area contributed by atoms with Crippen molar-refractivity contribution in [3.63, 3.8) is 0 Å². The van der Waals surface area contributed by atoms with Gasteiger partial charge in [-0.15, -0.1) is 0 Å². The first kappa shape index (κ1) is 11.5. The molecule has 0 fully saturated rings. The van der Waals surface area contributed by atoms with E-state index >= 15 is 0 Å². The van der Waals surface area contributed by atoms with Gasteiger partial charge in [-0.2, -0.15) is 0 Å². The predicted molar refractivity (Wildman–Crippen MR) is 74.3 cm³/mol. The third-order valence-corrected chi connectivity index (χ3v) is 3.70. The number of hydrogen-bond donors (Lipinski definition) is 1. The average molecular weight is 302 g/mol. The van der Waals surface area contributed by atoms with Gasteiger partial charge in [0.15, 0.2) is 0 Å². The first-order chi connectivity index (χ1) is 8.74. The summed E-state index contributed by atoms with van der Waals surface area (Å²) in [6.07, 6.45) is 0.473. The highest BCUT2D eigenvalue weighted by Crippen LogP contribution is 2.30. The van der Waals surface area contributed by atoms with Crippen LogP contribution >= 0.6 is 15.9 Å². The van der Waals surface area contributed by atoms with Gasteiger partial charge < -0.3 is 5.32 Å². The molecule has 1 N–H and O–H groups in total. The van der Waals surface area contributed by atoms with E-state index in [-0.39, 0.29) is 11.9 Å². The number of rotatable bonds is 1. The molecule has 1 heterocycles. The normalized spacial score (nSPS) is 18.1. The Kier molecular flexibility index (Phi) is 2.92. The van der Waals surface area contributed by atoms with Gasteiger partial charge in [0.2, 0.25) is 5.91 Å². The third kappa shape index (κ3) is 2.06. The highest BCUT2D eigenvalue weighted by Gasteiger charge is 2.25. The first-order valence-corrected chi connectivity index (χ1v) is 6.66. The summed E-state index contributed by atoms with van der Waals surface area (Å²) < 4.78 is 1.03. The smallest absolute Gasteiger partial charge is 0.225 e. The van der Waals surface area contributed by atoms with Gasteiger partial charge in [-0.05, 0) is 28.8 Å². The Balaban J connectivity index is 2.10. The molecule has 0 spiro atoms. The van der Waals surface area contributed by atoms with E-state index in [0.29, 0.717) is 6.42 Å². The molecule has 90 valence electrons. The quantitative estimate of drug-likeness (QED) is 0.861. The molecule has 0 unspecified atom stereocenters. The number of carbonyl (C=O) groups excluding carboxylic acids is 1. The van der Waals surface area contributed by atoms with Crippen molar-refractivity contribution in [3.8, 4) is 0 Å². The Hall–Kier alpha value is -1.61. The van der Waals surface area contributed by atoms with Crippen molar-refractivity contribution < 1.29 is 4.79 Å². The highest BCUT2D eigenvalue weighted by atomic mass is 79.9. The van der Waals surface area contributed by atoms with Crippen LogP contribution in [0.1, 0.15) is 22.7 Å². The first-order valence-electron chi connectivity index (χ1n) is 5.86. The zero-order valence-corrected chi connectivity index (χ0v) is 11.3. The topological polar surface area (TPSA) is 29.1 Å². The molecule has 0 aromatic heterocycles. The van der Waals surface area contributed by atoms with E-state index < -0.39 is 0 Å². The van der Waals surface area contributed by atoms with Gasteiger partial charge in [-0.3, -0.25) is 4.79 Å². The summed E-state index contributed by atoms with van der Waals surface area (Å²) in [6, 6.07) is 16.1. The molecule has 1 atom stereocenters. The van der Waals surface area contributed by atoms with Crippen molar-refractivity contribution in [3.05, 3.63) is 69.7 Å². The second-order valence-electron chi connectivity index (χ2n) is 4.43. The van der Waals surface area contributed by atoms with Crippen LogP contribution < -0.4 is 5.32 Å². The van der Waals surface area contributed by atoms with Crippen LogP contribution in [0.5, 0.6) is 0 Å². The summed E-state index contributed by atoms with van der Waals surface area (Å²) in [6.45, 7) is 0. The monoisotopic (exact) mass is 301 g/mol. The van der Waals surface area contributed by atoms with Gasteiger partial charge in [0.25, 0.3) is 0 Å². The summed E-state index contributed by atoms with van der Waals surface area (Å²) in [4.78, 5) is 11.8. The Morgan fingerprint density at radius 2 is 1.94 bits per heavy atom. The lowest BCUT2D eigenvalue weighted by Crippen LogP contribution is -2.35. The van der Waals surface area contributed by atoms with Gasteiger partial charge in [0, 0.05) is 4.47 Å². The van der Waals surface area contributed by atoms with Crippen molar-refractivity contribution in [2.24, 2.45) is 0 Å². The number of hydrogen-bond acceptors (Lipinski definition) is 1. The maximum atomic E-state index is 11.8. The Labute approximate surface area is 114 Å². The summed E-state index contributed by atoms with van der Waals surface area (Å²) in [5.74, 6) is 0.0821. The molecule has 2 aromatic carbocycles. The molecule has 0 bridgehead atoms. The number of fused-ring (bicyclic) bond motifs is 1. The van der Waals surface area contributed by atoms with Crippen molar-refractivity contribution in [2.45, 2.75) is 12.5 Å². The second kappa shape index (κ2) is 4.58. The SMILES string of the molecule is O=C1Cc2ccccc2[C@@H](c2cccc(Br)c2)N1. The summed E-state index contributed by atoms with van der Waals surface area (Å²) >= 11 is 3.47. The van der Waals surface area contributed by atoms with Crippen LogP contribution in [-0.2, 0) is 11.2 Å². The van der Waals surface area contributed by atoms with Gasteiger partial charge in [0.1, 0.15) is 0 Å². The molecule has 1 amide bonds. The van der Waals surface area contributed by atoms with Crippen molar-refractivity contribution >= 4 is 21.8 Å². The molecule has 2 aromatic rings. The minimum atomic E-state index is -0.0417. The molecule has 0 saturated heterocycles. The van der Waals surface area contributed by atoms with Crippen LogP contribution in [0.15, 0.2) is 53.0 Å². The standard InChI is InChI=1S/C15H12BrNO/c16-12-6-3-5-11(8-12)15-13-7-2-1-4-10(13)9-14(18)17-15/h1-8,15H,9H2,(H,17,18)/t15-/m1/s1. The molecule has 1 aliphatic rings. The van der Waals surface area contributed by atoms with E-state index in [0.717, 1.165) is 15.6 Å². The number of carbonyl (C=O) groups is 1. The molecular weight excluding hydrogens is 290 g/mol. The zero-order chi connectivity index (χ0) is 12.5. The molecule has 3 rings (SSSR count). The van der Waals surface area contributed by atoms with Gasteiger partial charge in [-0.1, -0.05) is 52.3 Å². The van der Waals surface area contributed by atoms with Crippen LogP contribution in [0.2, 0.25) is 0 Å². The van der Waals surface area contributed by atoms with Crippen molar-refractivity contribution in [2.75, 3.05) is 0 Å². The fraction of sp³-hybridized carbons (Fsp3) is 0.133. The van der Waals surface area contributed by atoms with Crippen molar-refractivity contribution in [1.82, 2.24) is 5.32 Å². The lowest BCUT2D eigenvalue weighted by Gasteiger charge is -2.27. The summed E-state index contributed by atoms with van der Waals surface area (Å²) in [5.41, 5.74) is 3.41. The fourth-order valence-electron chi connectivity index (χ4n) is 2.39. The third-order valence-electron chi connectivity index (χ3n) is 3.20. The van der Waals surface area contributed by atoms with Gasteiger partial charge >= 0.3 is 0 Å². The Bertz CT molecular complexity index is 609. The van der Waals surface area contributed by atoms with E-state index in [4.69, 9.17) is 0 Å². The molecular formula is C15H12BrNO. The predicted octanol–water partition coefficient (Wildman–Crippen LogP) is 3.21. The Morgan fingerprint density at radius 3 is 2.78 bits per heavy atom. The van der Waals surface area contributed by atoms with E-state index in [1.165, 1.54) is 5.56 Å². The fourth-order valence-corrected chi connectivity index (χ4v) is 2.81. The van der Waals surface area contributed by atoms with Gasteiger partial charge in [-0.25, -0.2) is 0 Å². The molecule has 0 saturated carbocycles. The minimum absolute atomic E-state index is 0.0417. The van der Waals surface area contributed by atoms with Crippen LogP contribution in [0.4, 0.5) is 0 Å². The summed E-state index contributed by atoms with van der Waals surface area (Å²) in [5, 5.41) is 3.06. The number of amides is 1. The molecule has 3 heteroatoms. The highest BCUT2D eigenvalue weighted by molar-refractivity contribution is 9.10. The van der Waals surface area contributed by atoms with Crippen LogP contribution in [-0.4, -0.2) is 5.91 Å². The van der Waals surface area contributed by atoms with Crippen LogP contribution in [0, 0.1) is 0 Å². The average Bonchev–Trinajstić information content (AvgIpc) is 2.37. The molecule has 18 heavy (non-hydrogen) atoms. The largest absolute Gasteiger partial charge is 0.345 e. The number of nitrogens with one attached hydrogen (secondary N) is 1. The Morgan fingerprint density at radius 1 is 1.11 bits per heavy atom. The molecule has 0 aliphatic carbocycles.